The lowest BCUT2D eigenvalue weighted by molar-refractivity contribution is 0.325. The van der Waals surface area contributed by atoms with E-state index in [0.29, 0.717) is 18.1 Å². The van der Waals surface area contributed by atoms with Crippen molar-refractivity contribution in [1.82, 2.24) is 10.2 Å². The van der Waals surface area contributed by atoms with Gasteiger partial charge in [0.15, 0.2) is 14.9 Å². The van der Waals surface area contributed by atoms with Crippen LogP contribution in [-0.2, 0) is 9.84 Å². The fourth-order valence-electron chi connectivity index (χ4n) is 2.06. The molecule has 0 aliphatic carbocycles. The second kappa shape index (κ2) is 7.09. The SMILES string of the molecule is C=CCNC(=S)N(CCCC)[C@@H]1CCS(=O)(=O)C1. The van der Waals surface area contributed by atoms with Gasteiger partial charge in [-0.15, -0.1) is 6.58 Å². The molecule has 0 radical (unpaired) electrons. The van der Waals surface area contributed by atoms with E-state index in [2.05, 4.69) is 18.8 Å². The van der Waals surface area contributed by atoms with Crippen LogP contribution in [0.3, 0.4) is 0 Å². The molecule has 0 bridgehead atoms. The van der Waals surface area contributed by atoms with Crippen molar-refractivity contribution in [3.63, 3.8) is 0 Å². The van der Waals surface area contributed by atoms with E-state index in [1.807, 2.05) is 4.90 Å². The first-order valence-electron chi connectivity index (χ1n) is 6.36. The van der Waals surface area contributed by atoms with Gasteiger partial charge in [-0.1, -0.05) is 19.4 Å². The van der Waals surface area contributed by atoms with E-state index in [0.717, 1.165) is 19.4 Å². The lowest BCUT2D eigenvalue weighted by atomic mass is 10.2. The van der Waals surface area contributed by atoms with E-state index in [-0.39, 0.29) is 17.5 Å². The van der Waals surface area contributed by atoms with Crippen LogP contribution in [0.15, 0.2) is 12.7 Å². The van der Waals surface area contributed by atoms with E-state index >= 15 is 0 Å². The number of nitrogens with zero attached hydrogens (tertiary/aromatic N) is 1. The Morgan fingerprint density at radius 3 is 2.83 bits per heavy atom. The Hall–Kier alpha value is -0.620. The van der Waals surface area contributed by atoms with Gasteiger partial charge in [-0.25, -0.2) is 8.42 Å². The molecule has 1 saturated heterocycles. The molecule has 104 valence electrons. The molecule has 0 unspecified atom stereocenters. The molecular formula is C12H22N2O2S2. The first-order valence-corrected chi connectivity index (χ1v) is 8.59. The second-order valence-corrected chi connectivity index (χ2v) is 7.19. The van der Waals surface area contributed by atoms with Crippen molar-refractivity contribution in [1.29, 1.82) is 0 Å². The average molecular weight is 290 g/mol. The van der Waals surface area contributed by atoms with Crippen LogP contribution in [0.1, 0.15) is 26.2 Å². The maximum absolute atomic E-state index is 11.5. The zero-order chi connectivity index (χ0) is 13.6. The highest BCUT2D eigenvalue weighted by Crippen LogP contribution is 2.18. The second-order valence-electron chi connectivity index (χ2n) is 4.58. The Morgan fingerprint density at radius 1 is 1.61 bits per heavy atom. The van der Waals surface area contributed by atoms with Gasteiger partial charge in [0.2, 0.25) is 0 Å². The predicted octanol–water partition coefficient (Wildman–Crippen LogP) is 1.34. The third-order valence-electron chi connectivity index (χ3n) is 3.06. The van der Waals surface area contributed by atoms with Crippen LogP contribution < -0.4 is 5.32 Å². The fraction of sp³-hybridized carbons (Fsp3) is 0.750. The number of thiocarbonyl (C=S) groups is 1. The summed E-state index contributed by atoms with van der Waals surface area (Å²) < 4.78 is 23.1. The number of hydrogen-bond acceptors (Lipinski definition) is 3. The van der Waals surface area contributed by atoms with Gasteiger partial charge in [0.05, 0.1) is 11.5 Å². The van der Waals surface area contributed by atoms with Gasteiger partial charge in [0.1, 0.15) is 0 Å². The zero-order valence-electron chi connectivity index (χ0n) is 10.9. The standard InChI is InChI=1S/C12H22N2O2S2/c1-3-5-8-14(12(17)13-7-4-2)11-6-9-18(15,16)10-11/h4,11H,2-3,5-10H2,1H3,(H,13,17)/t11-/m1/s1. The molecule has 1 N–H and O–H groups in total. The van der Waals surface area contributed by atoms with Gasteiger partial charge in [0.25, 0.3) is 0 Å². The van der Waals surface area contributed by atoms with E-state index in [1.165, 1.54) is 0 Å². The van der Waals surface area contributed by atoms with Gasteiger partial charge in [-0.05, 0) is 25.1 Å². The number of sulfone groups is 1. The van der Waals surface area contributed by atoms with Gasteiger partial charge >= 0.3 is 0 Å². The van der Waals surface area contributed by atoms with Crippen molar-refractivity contribution < 1.29 is 8.42 Å². The summed E-state index contributed by atoms with van der Waals surface area (Å²) in [6, 6.07) is 0.0337. The molecule has 6 heteroatoms. The minimum absolute atomic E-state index is 0.0337. The Morgan fingerprint density at radius 2 is 2.33 bits per heavy atom. The first kappa shape index (κ1) is 15.4. The maximum Gasteiger partial charge on any atom is 0.169 e. The van der Waals surface area contributed by atoms with Gasteiger partial charge in [-0.2, -0.15) is 0 Å². The summed E-state index contributed by atoms with van der Waals surface area (Å²) >= 11 is 5.34. The Kier molecular flexibility index (Phi) is 6.08. The topological polar surface area (TPSA) is 49.4 Å². The minimum atomic E-state index is -2.87. The van der Waals surface area contributed by atoms with Crippen molar-refractivity contribution in [2.24, 2.45) is 0 Å². The molecule has 1 heterocycles. The van der Waals surface area contributed by atoms with Gasteiger partial charge < -0.3 is 10.2 Å². The number of hydrogen-bond donors (Lipinski definition) is 1. The fourth-order valence-corrected chi connectivity index (χ4v) is 4.12. The first-order chi connectivity index (χ1) is 8.50. The molecule has 1 aliphatic heterocycles. The van der Waals surface area contributed by atoms with Crippen molar-refractivity contribution >= 4 is 27.2 Å². The molecule has 4 nitrogen and oxygen atoms in total. The van der Waals surface area contributed by atoms with Gasteiger partial charge in [-0.3, -0.25) is 0 Å². The molecule has 1 aliphatic rings. The van der Waals surface area contributed by atoms with Crippen LogP contribution in [0, 0.1) is 0 Å². The smallest absolute Gasteiger partial charge is 0.169 e. The van der Waals surface area contributed by atoms with Crippen molar-refractivity contribution in [2.75, 3.05) is 24.6 Å². The average Bonchev–Trinajstić information content (AvgIpc) is 2.67. The maximum atomic E-state index is 11.5. The quantitative estimate of drug-likeness (QED) is 0.591. The number of rotatable bonds is 6. The summed E-state index contributed by atoms with van der Waals surface area (Å²) in [5.41, 5.74) is 0. The minimum Gasteiger partial charge on any atom is -0.359 e. The molecule has 18 heavy (non-hydrogen) atoms. The summed E-state index contributed by atoms with van der Waals surface area (Å²) in [4.78, 5) is 2.03. The highest BCUT2D eigenvalue weighted by atomic mass is 32.2. The van der Waals surface area contributed by atoms with Crippen molar-refractivity contribution in [2.45, 2.75) is 32.2 Å². The van der Waals surface area contributed by atoms with E-state index in [9.17, 15) is 8.42 Å². The zero-order valence-corrected chi connectivity index (χ0v) is 12.5. The lowest BCUT2D eigenvalue weighted by Gasteiger charge is -2.30. The highest BCUT2D eigenvalue weighted by molar-refractivity contribution is 7.91. The normalized spacial score (nSPS) is 21.5. The van der Waals surface area contributed by atoms with E-state index < -0.39 is 9.84 Å². The third-order valence-corrected chi connectivity index (χ3v) is 5.19. The van der Waals surface area contributed by atoms with E-state index in [4.69, 9.17) is 12.2 Å². The van der Waals surface area contributed by atoms with Crippen LogP contribution in [0.25, 0.3) is 0 Å². The largest absolute Gasteiger partial charge is 0.359 e. The van der Waals surface area contributed by atoms with Crippen molar-refractivity contribution in [3.8, 4) is 0 Å². The predicted molar refractivity (Wildman–Crippen MR) is 79.5 cm³/mol. The van der Waals surface area contributed by atoms with Gasteiger partial charge in [0, 0.05) is 19.1 Å². The number of unbranched alkanes of at least 4 members (excludes halogenated alkanes) is 1. The summed E-state index contributed by atoms with van der Waals surface area (Å²) in [7, 11) is -2.87. The third kappa shape index (κ3) is 4.57. The van der Waals surface area contributed by atoms with Crippen LogP contribution in [0.4, 0.5) is 0 Å². The molecule has 0 saturated carbocycles. The van der Waals surface area contributed by atoms with E-state index in [1.54, 1.807) is 6.08 Å². The van der Waals surface area contributed by atoms with Crippen LogP contribution in [0.5, 0.6) is 0 Å². The molecule has 1 atom stereocenters. The van der Waals surface area contributed by atoms with Crippen LogP contribution >= 0.6 is 12.2 Å². The summed E-state index contributed by atoms with van der Waals surface area (Å²) in [5, 5.41) is 3.73. The molecule has 0 aromatic carbocycles. The molecule has 1 fully saturated rings. The van der Waals surface area contributed by atoms with Crippen LogP contribution in [-0.4, -0.2) is 49.1 Å². The lowest BCUT2D eigenvalue weighted by Crippen LogP contribution is -2.47. The Bertz CT molecular complexity index is 393. The van der Waals surface area contributed by atoms with Crippen molar-refractivity contribution in [3.05, 3.63) is 12.7 Å². The highest BCUT2D eigenvalue weighted by Gasteiger charge is 2.32. The summed E-state index contributed by atoms with van der Waals surface area (Å²) in [5.74, 6) is 0.511. The van der Waals surface area contributed by atoms with Crippen LogP contribution in [0.2, 0.25) is 0 Å². The molecule has 0 aromatic rings. The molecule has 1 rings (SSSR count). The summed E-state index contributed by atoms with van der Waals surface area (Å²) in [6.45, 7) is 7.18. The molecule has 0 amide bonds. The Balaban J connectivity index is 2.65. The monoisotopic (exact) mass is 290 g/mol. The summed E-state index contributed by atoms with van der Waals surface area (Å²) in [6.07, 6.45) is 4.52. The number of nitrogens with one attached hydrogen (secondary N) is 1. The Labute approximate surface area is 115 Å². The molecule has 0 spiro atoms. The molecular weight excluding hydrogens is 268 g/mol. The molecule has 0 aromatic heterocycles.